The second kappa shape index (κ2) is 8.22. The van der Waals surface area contributed by atoms with Crippen LogP contribution in [0.3, 0.4) is 0 Å². The third-order valence-corrected chi connectivity index (χ3v) is 1.34. The molecule has 0 aliphatic heterocycles. The molecule has 1 rings (SSSR count). The van der Waals surface area contributed by atoms with Crippen LogP contribution in [0.15, 0.2) is 30.3 Å². The van der Waals surface area contributed by atoms with Gasteiger partial charge in [0, 0.05) is 13.2 Å². The van der Waals surface area contributed by atoms with Gasteiger partial charge in [-0.05, 0) is 18.6 Å². The van der Waals surface area contributed by atoms with E-state index in [1.807, 2.05) is 0 Å². The summed E-state index contributed by atoms with van der Waals surface area (Å²) in [7, 11) is 0. The molecule has 0 bridgehead atoms. The Hall–Kier alpha value is -1.39. The summed E-state index contributed by atoms with van der Waals surface area (Å²) >= 11 is 0. The number of carboxylic acid groups (broad SMARTS) is 1. The smallest absolute Gasteiger partial charge is 0.335 e. The summed E-state index contributed by atoms with van der Waals surface area (Å²) in [4.78, 5) is 10.2. The number of benzene rings is 1. The van der Waals surface area contributed by atoms with Gasteiger partial charge in [0.05, 0.1) is 5.56 Å². The maximum Gasteiger partial charge on any atom is 0.335 e. The number of hydrogen-bond donors (Lipinski definition) is 3. The van der Waals surface area contributed by atoms with Crippen LogP contribution in [0, 0.1) is 0 Å². The molecule has 1 aromatic rings. The summed E-state index contributed by atoms with van der Waals surface area (Å²) in [6.07, 6.45) is 0.500. The molecule has 0 heterocycles. The molecule has 0 aromatic heterocycles. The maximum absolute atomic E-state index is 10.2. The van der Waals surface area contributed by atoms with Crippen molar-refractivity contribution in [1.82, 2.24) is 0 Å². The maximum atomic E-state index is 10.2. The Morgan fingerprint density at radius 1 is 1.07 bits per heavy atom. The van der Waals surface area contributed by atoms with Gasteiger partial charge in [0.25, 0.3) is 0 Å². The van der Waals surface area contributed by atoms with Crippen molar-refractivity contribution < 1.29 is 20.1 Å². The number of hydrogen-bond acceptors (Lipinski definition) is 3. The van der Waals surface area contributed by atoms with E-state index in [4.69, 9.17) is 15.3 Å². The highest BCUT2D eigenvalue weighted by Gasteiger charge is 1.96. The lowest BCUT2D eigenvalue weighted by Gasteiger charge is -1.88. The van der Waals surface area contributed by atoms with E-state index in [9.17, 15) is 4.79 Å². The summed E-state index contributed by atoms with van der Waals surface area (Å²) in [5, 5.41) is 24.2. The monoisotopic (exact) mass is 198 g/mol. The highest BCUT2D eigenvalue weighted by molar-refractivity contribution is 5.87. The van der Waals surface area contributed by atoms with E-state index in [1.165, 1.54) is 0 Å². The van der Waals surface area contributed by atoms with E-state index < -0.39 is 5.97 Å². The second-order valence-corrected chi connectivity index (χ2v) is 2.47. The van der Waals surface area contributed by atoms with Gasteiger partial charge >= 0.3 is 5.97 Å². The van der Waals surface area contributed by atoms with Crippen molar-refractivity contribution in [2.24, 2.45) is 0 Å². The average Bonchev–Trinajstić information content (AvgIpc) is 2.21. The lowest BCUT2D eigenvalue weighted by molar-refractivity contribution is 0.0697. The van der Waals surface area contributed by atoms with Crippen LogP contribution in [0.1, 0.15) is 16.8 Å². The Labute approximate surface area is 82.4 Å². The number of aromatic carboxylic acids is 1. The van der Waals surface area contributed by atoms with E-state index in [0.717, 1.165) is 0 Å². The summed E-state index contributed by atoms with van der Waals surface area (Å²) in [5.41, 5.74) is 0.331. The molecule has 0 saturated heterocycles. The Morgan fingerprint density at radius 3 is 1.79 bits per heavy atom. The van der Waals surface area contributed by atoms with E-state index >= 15 is 0 Å². The summed E-state index contributed by atoms with van der Waals surface area (Å²) in [6.45, 7) is 0.188. The molecule has 3 N–H and O–H groups in total. The van der Waals surface area contributed by atoms with Crippen molar-refractivity contribution >= 4 is 5.97 Å². The van der Waals surface area contributed by atoms with Crippen molar-refractivity contribution in [2.45, 2.75) is 6.42 Å². The van der Waals surface area contributed by atoms with Gasteiger partial charge in [-0.25, -0.2) is 4.79 Å². The Kier molecular flexibility index (Phi) is 7.40. The number of aliphatic hydroxyl groups is 2. The number of aliphatic hydroxyl groups excluding tert-OH is 2. The fourth-order valence-corrected chi connectivity index (χ4v) is 0.651. The molecule has 14 heavy (non-hydrogen) atoms. The first-order valence-electron chi connectivity index (χ1n) is 4.22. The quantitative estimate of drug-likeness (QED) is 0.669. The highest BCUT2D eigenvalue weighted by atomic mass is 16.4. The van der Waals surface area contributed by atoms with Crippen LogP contribution >= 0.6 is 0 Å². The number of carboxylic acids is 1. The zero-order valence-electron chi connectivity index (χ0n) is 7.76. The zero-order chi connectivity index (χ0) is 10.8. The van der Waals surface area contributed by atoms with E-state index in [-0.39, 0.29) is 13.2 Å². The van der Waals surface area contributed by atoms with Gasteiger partial charge in [-0.1, -0.05) is 18.2 Å². The number of rotatable bonds is 3. The van der Waals surface area contributed by atoms with Crippen LogP contribution in [-0.2, 0) is 0 Å². The van der Waals surface area contributed by atoms with Gasteiger partial charge < -0.3 is 15.3 Å². The Balaban J connectivity index is 0.000000292. The first-order chi connectivity index (χ1) is 6.72. The van der Waals surface area contributed by atoms with Crippen LogP contribution in [0.2, 0.25) is 0 Å². The summed E-state index contributed by atoms with van der Waals surface area (Å²) in [6, 6.07) is 8.30. The molecule has 0 radical (unpaired) electrons. The van der Waals surface area contributed by atoms with Gasteiger partial charge in [-0.15, -0.1) is 0 Å². The highest BCUT2D eigenvalue weighted by Crippen LogP contribution is 1.96. The lowest BCUT2D eigenvalue weighted by Crippen LogP contribution is -1.93. The second-order valence-electron chi connectivity index (χ2n) is 2.47. The largest absolute Gasteiger partial charge is 0.478 e. The minimum atomic E-state index is -0.879. The van der Waals surface area contributed by atoms with Gasteiger partial charge in [0.15, 0.2) is 0 Å². The van der Waals surface area contributed by atoms with E-state index in [0.29, 0.717) is 12.0 Å². The molecule has 78 valence electrons. The molecule has 0 fully saturated rings. The predicted octanol–water partition coefficient (Wildman–Crippen LogP) is 0.746. The summed E-state index contributed by atoms with van der Waals surface area (Å²) in [5.74, 6) is -0.879. The first-order valence-corrected chi connectivity index (χ1v) is 4.22. The molecule has 4 nitrogen and oxygen atoms in total. The zero-order valence-corrected chi connectivity index (χ0v) is 7.76. The van der Waals surface area contributed by atoms with Crippen molar-refractivity contribution in [1.29, 1.82) is 0 Å². The van der Waals surface area contributed by atoms with Crippen molar-refractivity contribution in [3.05, 3.63) is 35.9 Å². The minimum absolute atomic E-state index is 0.0938. The van der Waals surface area contributed by atoms with Crippen LogP contribution < -0.4 is 0 Å². The van der Waals surface area contributed by atoms with Crippen LogP contribution in [0.25, 0.3) is 0 Å². The normalized spacial score (nSPS) is 8.71. The lowest BCUT2D eigenvalue weighted by atomic mass is 10.2. The van der Waals surface area contributed by atoms with Crippen LogP contribution in [0.5, 0.6) is 0 Å². The third kappa shape index (κ3) is 6.16. The molecular formula is C10H14O4. The molecular weight excluding hydrogens is 184 g/mol. The molecule has 0 aliphatic carbocycles. The van der Waals surface area contributed by atoms with Crippen molar-refractivity contribution in [3.63, 3.8) is 0 Å². The standard InChI is InChI=1S/C7H6O2.C3H8O2/c8-7(9)6-4-2-1-3-5-6;4-2-1-3-5/h1-5H,(H,8,9);4-5H,1-3H2. The average molecular weight is 198 g/mol. The van der Waals surface area contributed by atoms with Crippen molar-refractivity contribution in [3.8, 4) is 0 Å². The van der Waals surface area contributed by atoms with Gasteiger partial charge in [-0.3, -0.25) is 0 Å². The van der Waals surface area contributed by atoms with Gasteiger partial charge in [0.1, 0.15) is 0 Å². The molecule has 0 atom stereocenters. The first kappa shape index (κ1) is 12.6. The summed E-state index contributed by atoms with van der Waals surface area (Å²) < 4.78 is 0. The molecule has 0 amide bonds. The molecule has 4 heteroatoms. The van der Waals surface area contributed by atoms with Crippen LogP contribution in [0.4, 0.5) is 0 Å². The van der Waals surface area contributed by atoms with Gasteiger partial charge in [-0.2, -0.15) is 0 Å². The SMILES string of the molecule is O=C(O)c1ccccc1.OCCCO. The van der Waals surface area contributed by atoms with E-state index in [2.05, 4.69) is 0 Å². The third-order valence-electron chi connectivity index (χ3n) is 1.34. The fourth-order valence-electron chi connectivity index (χ4n) is 0.651. The predicted molar refractivity (Wildman–Crippen MR) is 52.2 cm³/mol. The Morgan fingerprint density at radius 2 is 1.57 bits per heavy atom. The molecule has 0 unspecified atom stereocenters. The molecule has 0 spiro atoms. The van der Waals surface area contributed by atoms with Crippen molar-refractivity contribution in [2.75, 3.05) is 13.2 Å². The molecule has 0 saturated carbocycles. The minimum Gasteiger partial charge on any atom is -0.478 e. The van der Waals surface area contributed by atoms with Crippen LogP contribution in [-0.4, -0.2) is 34.5 Å². The fraction of sp³-hybridized carbons (Fsp3) is 0.300. The number of carbonyl (C=O) groups is 1. The Bertz CT molecular complexity index is 244. The van der Waals surface area contributed by atoms with Gasteiger partial charge in [0.2, 0.25) is 0 Å². The topological polar surface area (TPSA) is 77.8 Å². The molecule has 1 aromatic carbocycles. The molecule has 0 aliphatic rings. The van der Waals surface area contributed by atoms with E-state index in [1.54, 1.807) is 30.3 Å².